The summed E-state index contributed by atoms with van der Waals surface area (Å²) in [6.45, 7) is 3.98. The molecule has 2 N–H and O–H groups in total. The number of hydrogen-bond donors (Lipinski definition) is 1. The highest BCUT2D eigenvalue weighted by atomic mass is 15.4. The first-order valence-electron chi connectivity index (χ1n) is 7.15. The van der Waals surface area contributed by atoms with Crippen molar-refractivity contribution in [2.24, 2.45) is 5.10 Å². The molecule has 22 heavy (non-hydrogen) atoms. The van der Waals surface area contributed by atoms with Crippen LogP contribution in [0.4, 0.5) is 5.95 Å². The van der Waals surface area contributed by atoms with Gasteiger partial charge in [-0.15, -0.1) is 0 Å². The Morgan fingerprint density at radius 3 is 2.09 bits per heavy atom. The van der Waals surface area contributed by atoms with Crippen LogP contribution in [0.5, 0.6) is 0 Å². The lowest BCUT2D eigenvalue weighted by Gasteiger charge is -2.03. The van der Waals surface area contributed by atoms with E-state index in [1.165, 1.54) is 16.7 Å². The van der Waals surface area contributed by atoms with Crippen LogP contribution in [0.25, 0.3) is 11.1 Å². The Morgan fingerprint density at radius 1 is 0.955 bits per heavy atom. The molecule has 0 amide bonds. The van der Waals surface area contributed by atoms with Crippen molar-refractivity contribution in [1.29, 1.82) is 0 Å². The topological polar surface area (TPSA) is 56.2 Å². The standard InChI is InChI=1S/C18H18N4/c1-13-3-7-16(8-4-13)17-9-5-15(6-10-17)11-20-22-12-14(2)21-18(22)19/h3-12H,1-2H3,(H2,19,21). The monoisotopic (exact) mass is 290 g/mol. The van der Waals surface area contributed by atoms with Gasteiger partial charge in [-0.3, -0.25) is 0 Å². The first-order chi connectivity index (χ1) is 10.6. The number of aryl methyl sites for hydroxylation is 2. The van der Waals surface area contributed by atoms with E-state index in [0.29, 0.717) is 5.95 Å². The van der Waals surface area contributed by atoms with Gasteiger partial charge in [0.2, 0.25) is 5.95 Å². The van der Waals surface area contributed by atoms with Crippen molar-refractivity contribution in [2.75, 3.05) is 5.73 Å². The average Bonchev–Trinajstić information content (AvgIpc) is 2.84. The predicted molar refractivity (Wildman–Crippen MR) is 91.0 cm³/mol. The van der Waals surface area contributed by atoms with Crippen molar-refractivity contribution in [3.05, 3.63) is 71.5 Å². The van der Waals surface area contributed by atoms with E-state index in [9.17, 15) is 0 Å². The van der Waals surface area contributed by atoms with Crippen LogP contribution in [-0.2, 0) is 0 Å². The van der Waals surface area contributed by atoms with Gasteiger partial charge in [0.15, 0.2) is 0 Å². The number of nitrogens with two attached hydrogens (primary N) is 1. The molecule has 0 aliphatic heterocycles. The van der Waals surface area contributed by atoms with Gasteiger partial charge in [-0.2, -0.15) is 5.10 Å². The molecule has 0 unspecified atom stereocenters. The van der Waals surface area contributed by atoms with Crippen LogP contribution in [0.3, 0.4) is 0 Å². The predicted octanol–water partition coefficient (Wildman–Crippen LogP) is 3.63. The van der Waals surface area contributed by atoms with Gasteiger partial charge in [0.05, 0.1) is 18.1 Å². The molecule has 0 radical (unpaired) electrons. The molecular formula is C18H18N4. The van der Waals surface area contributed by atoms with Gasteiger partial charge >= 0.3 is 0 Å². The average molecular weight is 290 g/mol. The Morgan fingerprint density at radius 2 is 1.55 bits per heavy atom. The number of nitrogen functional groups attached to an aromatic ring is 1. The first kappa shape index (κ1) is 14.1. The van der Waals surface area contributed by atoms with E-state index in [4.69, 9.17) is 5.73 Å². The third-order valence-electron chi connectivity index (χ3n) is 3.46. The normalized spacial score (nSPS) is 11.2. The molecule has 0 aliphatic rings. The number of nitrogens with zero attached hydrogens (tertiary/aromatic N) is 3. The smallest absolute Gasteiger partial charge is 0.221 e. The molecule has 0 bridgehead atoms. The molecular weight excluding hydrogens is 272 g/mol. The lowest BCUT2D eigenvalue weighted by Crippen LogP contribution is -1.96. The zero-order chi connectivity index (χ0) is 15.5. The third kappa shape index (κ3) is 3.06. The maximum absolute atomic E-state index is 5.76. The molecule has 0 saturated heterocycles. The lowest BCUT2D eigenvalue weighted by atomic mass is 10.0. The highest BCUT2D eigenvalue weighted by molar-refractivity contribution is 5.81. The van der Waals surface area contributed by atoms with E-state index in [2.05, 4.69) is 53.4 Å². The molecule has 0 atom stereocenters. The van der Waals surface area contributed by atoms with Crippen LogP contribution in [-0.4, -0.2) is 15.9 Å². The Balaban J connectivity index is 1.79. The highest BCUT2D eigenvalue weighted by Crippen LogP contribution is 2.19. The van der Waals surface area contributed by atoms with E-state index in [0.717, 1.165) is 11.3 Å². The molecule has 4 nitrogen and oxygen atoms in total. The van der Waals surface area contributed by atoms with Crippen LogP contribution in [0, 0.1) is 13.8 Å². The number of rotatable bonds is 3. The number of hydrogen-bond acceptors (Lipinski definition) is 3. The molecule has 4 heteroatoms. The molecule has 0 fully saturated rings. The molecule has 2 aromatic carbocycles. The van der Waals surface area contributed by atoms with Gasteiger partial charge in [0.25, 0.3) is 0 Å². The first-order valence-corrected chi connectivity index (χ1v) is 7.15. The summed E-state index contributed by atoms with van der Waals surface area (Å²) in [4.78, 5) is 4.11. The molecule has 1 heterocycles. The fraction of sp³-hybridized carbons (Fsp3) is 0.111. The van der Waals surface area contributed by atoms with Gasteiger partial charge in [-0.25, -0.2) is 9.66 Å². The summed E-state index contributed by atoms with van der Waals surface area (Å²) in [5, 5.41) is 4.32. The summed E-state index contributed by atoms with van der Waals surface area (Å²) in [6.07, 6.45) is 3.57. The molecule has 1 aromatic heterocycles. The molecule has 3 aromatic rings. The molecule has 0 aliphatic carbocycles. The third-order valence-corrected chi connectivity index (χ3v) is 3.46. The van der Waals surface area contributed by atoms with Gasteiger partial charge in [0, 0.05) is 0 Å². The quantitative estimate of drug-likeness (QED) is 0.749. The van der Waals surface area contributed by atoms with Crippen molar-refractivity contribution in [2.45, 2.75) is 13.8 Å². The number of anilines is 1. The summed E-state index contributed by atoms with van der Waals surface area (Å²) in [7, 11) is 0. The van der Waals surface area contributed by atoms with Crippen molar-refractivity contribution < 1.29 is 0 Å². The largest absolute Gasteiger partial charge is 0.368 e. The second-order valence-corrected chi connectivity index (χ2v) is 5.32. The molecule has 3 rings (SSSR count). The number of benzene rings is 2. The molecule has 110 valence electrons. The summed E-state index contributed by atoms with van der Waals surface area (Å²) < 4.78 is 1.57. The Kier molecular flexibility index (Phi) is 3.74. The van der Waals surface area contributed by atoms with E-state index < -0.39 is 0 Å². The van der Waals surface area contributed by atoms with Crippen LogP contribution in [0.15, 0.2) is 59.8 Å². The van der Waals surface area contributed by atoms with Crippen LogP contribution in [0.1, 0.15) is 16.8 Å². The summed E-state index contributed by atoms with van der Waals surface area (Å²) in [5.74, 6) is 0.394. The van der Waals surface area contributed by atoms with Crippen molar-refractivity contribution in [1.82, 2.24) is 9.66 Å². The summed E-state index contributed by atoms with van der Waals surface area (Å²) >= 11 is 0. The number of imidazole rings is 1. The summed E-state index contributed by atoms with van der Waals surface area (Å²) in [6, 6.07) is 16.8. The van der Waals surface area contributed by atoms with Crippen molar-refractivity contribution >= 4 is 12.2 Å². The Hall–Kier alpha value is -2.88. The van der Waals surface area contributed by atoms with Gasteiger partial charge in [0.1, 0.15) is 0 Å². The summed E-state index contributed by atoms with van der Waals surface area (Å²) in [5.41, 5.74) is 11.3. The minimum atomic E-state index is 0.394. The second-order valence-electron chi connectivity index (χ2n) is 5.32. The number of aromatic nitrogens is 2. The van der Waals surface area contributed by atoms with Crippen LogP contribution >= 0.6 is 0 Å². The van der Waals surface area contributed by atoms with Crippen molar-refractivity contribution in [3.63, 3.8) is 0 Å². The SMILES string of the molecule is Cc1ccc(-c2ccc(C=Nn3cc(C)nc3N)cc2)cc1. The Bertz CT molecular complexity index is 796. The Labute approximate surface area is 129 Å². The molecule has 0 saturated carbocycles. The van der Waals surface area contributed by atoms with Crippen molar-refractivity contribution in [3.8, 4) is 11.1 Å². The zero-order valence-electron chi connectivity index (χ0n) is 12.7. The van der Waals surface area contributed by atoms with E-state index in [1.807, 2.05) is 19.1 Å². The minimum absolute atomic E-state index is 0.394. The van der Waals surface area contributed by atoms with E-state index in [-0.39, 0.29) is 0 Å². The zero-order valence-corrected chi connectivity index (χ0v) is 12.7. The minimum Gasteiger partial charge on any atom is -0.368 e. The second kappa shape index (κ2) is 5.85. The fourth-order valence-electron chi connectivity index (χ4n) is 2.23. The van der Waals surface area contributed by atoms with Gasteiger partial charge < -0.3 is 5.73 Å². The lowest BCUT2D eigenvalue weighted by molar-refractivity contribution is 0.897. The maximum atomic E-state index is 5.76. The highest BCUT2D eigenvalue weighted by Gasteiger charge is 1.99. The molecule has 0 spiro atoms. The van der Waals surface area contributed by atoms with Crippen LogP contribution in [0.2, 0.25) is 0 Å². The fourth-order valence-corrected chi connectivity index (χ4v) is 2.23. The van der Waals surface area contributed by atoms with Crippen LogP contribution < -0.4 is 5.73 Å². The maximum Gasteiger partial charge on any atom is 0.221 e. The van der Waals surface area contributed by atoms with Gasteiger partial charge in [-0.05, 0) is 30.5 Å². The van der Waals surface area contributed by atoms with E-state index >= 15 is 0 Å². The van der Waals surface area contributed by atoms with Gasteiger partial charge in [-0.1, -0.05) is 54.1 Å². The van der Waals surface area contributed by atoms with E-state index in [1.54, 1.807) is 17.1 Å².